The average molecular weight is 485 g/mol. The Morgan fingerprint density at radius 3 is 2.58 bits per heavy atom. The molecule has 9 heteroatoms. The molecule has 0 bridgehead atoms. The first kappa shape index (κ1) is 23.7. The van der Waals surface area contributed by atoms with Gasteiger partial charge < -0.3 is 19.9 Å². The number of hydrogen-bond donors (Lipinski definition) is 1. The lowest BCUT2D eigenvalue weighted by molar-refractivity contribution is 0.0299. The maximum Gasteiger partial charge on any atom is 0.272 e. The number of amides is 1. The molecular formula is C27H28N6O3. The topological polar surface area (TPSA) is 101 Å². The van der Waals surface area contributed by atoms with Crippen LogP contribution in [-0.2, 0) is 9.53 Å². The number of pyridine rings is 1. The predicted molar refractivity (Wildman–Crippen MR) is 136 cm³/mol. The van der Waals surface area contributed by atoms with Crippen LogP contribution < -0.4 is 10.2 Å². The molecule has 4 heterocycles. The van der Waals surface area contributed by atoms with E-state index in [0.29, 0.717) is 37.8 Å². The molecule has 5 rings (SSSR count). The van der Waals surface area contributed by atoms with Crippen LogP contribution >= 0.6 is 0 Å². The Kier molecular flexibility index (Phi) is 6.75. The number of nitrogens with one attached hydrogen (secondary N) is 1. The first-order chi connectivity index (χ1) is 17.5. The summed E-state index contributed by atoms with van der Waals surface area (Å²) in [5, 5.41) is 3.51. The van der Waals surface area contributed by atoms with Crippen LogP contribution in [0.25, 0.3) is 11.1 Å². The van der Waals surface area contributed by atoms with E-state index in [9.17, 15) is 9.59 Å². The van der Waals surface area contributed by atoms with Gasteiger partial charge in [-0.05, 0) is 49.6 Å². The second-order valence-electron chi connectivity index (χ2n) is 9.09. The Hall–Kier alpha value is -4.07. The Labute approximate surface area is 209 Å². The van der Waals surface area contributed by atoms with Gasteiger partial charge in [0.15, 0.2) is 0 Å². The van der Waals surface area contributed by atoms with Crippen molar-refractivity contribution in [1.29, 1.82) is 0 Å². The fraction of sp³-hybridized carbons (Fsp3) is 0.333. The van der Waals surface area contributed by atoms with E-state index in [1.807, 2.05) is 36.0 Å². The van der Waals surface area contributed by atoms with Crippen molar-refractivity contribution in [3.05, 3.63) is 72.1 Å². The minimum Gasteiger partial charge on any atom is -0.378 e. The van der Waals surface area contributed by atoms with Crippen molar-refractivity contribution >= 4 is 23.4 Å². The highest BCUT2D eigenvalue weighted by Crippen LogP contribution is 2.40. The lowest BCUT2D eigenvalue weighted by Gasteiger charge is -2.38. The number of carbonyl (C=O) groups is 1. The standard InChI is InChI=1S/C27H28N6O3/c1-18-15-30-26(17-28-18)31-24-13-19(2)33(7-10-34)25-6-4-20(14-22(24)25)21-3-5-23(29-16-21)27(35)32-8-11-36-12-9-32/h3-7,14-17,19,24H,8-9,11-13H2,1-2H3,(H,30,31)/t19-,24+/m0/s1. The van der Waals surface area contributed by atoms with Gasteiger partial charge in [-0.3, -0.25) is 14.8 Å². The molecule has 2 atom stereocenters. The number of benzene rings is 1. The summed E-state index contributed by atoms with van der Waals surface area (Å²) in [6.07, 6.45) is 7.42. The average Bonchev–Trinajstić information content (AvgIpc) is 2.92. The maximum atomic E-state index is 12.8. The molecule has 1 aromatic carbocycles. The van der Waals surface area contributed by atoms with Crippen LogP contribution in [-0.4, -0.2) is 64.0 Å². The van der Waals surface area contributed by atoms with Crippen molar-refractivity contribution < 1.29 is 14.3 Å². The number of nitrogens with zero attached hydrogens (tertiary/aromatic N) is 5. The van der Waals surface area contributed by atoms with Crippen molar-refractivity contribution in [2.75, 3.05) is 36.5 Å². The van der Waals surface area contributed by atoms with Gasteiger partial charge in [0.25, 0.3) is 5.91 Å². The first-order valence-corrected chi connectivity index (χ1v) is 12.1. The number of ether oxygens (including phenoxy) is 1. The largest absolute Gasteiger partial charge is 0.378 e. The Morgan fingerprint density at radius 2 is 1.89 bits per heavy atom. The van der Waals surface area contributed by atoms with Gasteiger partial charge in [-0.15, -0.1) is 0 Å². The Balaban J connectivity index is 1.45. The van der Waals surface area contributed by atoms with Crippen LogP contribution in [0.3, 0.4) is 0 Å². The molecule has 2 aromatic heterocycles. The molecule has 0 aliphatic carbocycles. The van der Waals surface area contributed by atoms with E-state index in [2.05, 4.69) is 33.3 Å². The first-order valence-electron chi connectivity index (χ1n) is 12.1. The normalized spacial score (nSPS) is 19.3. The van der Waals surface area contributed by atoms with Crippen molar-refractivity contribution in [1.82, 2.24) is 19.9 Å². The summed E-state index contributed by atoms with van der Waals surface area (Å²) >= 11 is 0. The van der Waals surface area contributed by atoms with Gasteiger partial charge in [0.05, 0.1) is 43.5 Å². The second kappa shape index (κ2) is 10.3. The highest BCUT2D eigenvalue weighted by Gasteiger charge is 2.30. The lowest BCUT2D eigenvalue weighted by atomic mass is 9.89. The number of aryl methyl sites for hydroxylation is 1. The zero-order valence-corrected chi connectivity index (χ0v) is 20.3. The second-order valence-corrected chi connectivity index (χ2v) is 9.09. The fourth-order valence-electron chi connectivity index (χ4n) is 4.72. The lowest BCUT2D eigenvalue weighted by Crippen LogP contribution is -2.41. The molecule has 2 aliphatic rings. The van der Waals surface area contributed by atoms with Gasteiger partial charge in [0.1, 0.15) is 17.5 Å². The summed E-state index contributed by atoms with van der Waals surface area (Å²) in [6, 6.07) is 9.87. The molecule has 1 fully saturated rings. The van der Waals surface area contributed by atoms with E-state index >= 15 is 0 Å². The van der Waals surface area contributed by atoms with Crippen molar-refractivity contribution in [3.63, 3.8) is 0 Å². The van der Waals surface area contributed by atoms with Gasteiger partial charge in [0, 0.05) is 36.6 Å². The molecule has 184 valence electrons. The Morgan fingerprint density at radius 1 is 1.08 bits per heavy atom. The molecule has 0 saturated carbocycles. The third-order valence-corrected chi connectivity index (χ3v) is 6.64. The van der Waals surface area contributed by atoms with Gasteiger partial charge >= 0.3 is 0 Å². The molecule has 3 aromatic rings. The van der Waals surface area contributed by atoms with Gasteiger partial charge in [-0.2, -0.15) is 0 Å². The van der Waals surface area contributed by atoms with Gasteiger partial charge in [-0.25, -0.2) is 9.78 Å². The molecular weight excluding hydrogens is 456 g/mol. The van der Waals surface area contributed by atoms with E-state index in [1.165, 1.54) is 6.20 Å². The molecule has 36 heavy (non-hydrogen) atoms. The van der Waals surface area contributed by atoms with Gasteiger partial charge in [0.2, 0.25) is 0 Å². The van der Waals surface area contributed by atoms with Crippen LogP contribution in [0.2, 0.25) is 0 Å². The van der Waals surface area contributed by atoms with E-state index in [-0.39, 0.29) is 18.0 Å². The summed E-state index contributed by atoms with van der Waals surface area (Å²) < 4.78 is 5.34. The van der Waals surface area contributed by atoms with E-state index in [0.717, 1.165) is 34.5 Å². The molecule has 2 aliphatic heterocycles. The van der Waals surface area contributed by atoms with Crippen molar-refractivity contribution in [3.8, 4) is 11.1 Å². The summed E-state index contributed by atoms with van der Waals surface area (Å²) in [4.78, 5) is 41.0. The number of carbonyl (C=O) groups excluding carboxylic acids is 2. The summed E-state index contributed by atoms with van der Waals surface area (Å²) in [7, 11) is 0. The molecule has 0 unspecified atom stereocenters. The third-order valence-electron chi connectivity index (χ3n) is 6.64. The molecule has 0 spiro atoms. The number of rotatable bonds is 5. The molecule has 1 saturated heterocycles. The number of morpholine rings is 1. The number of aromatic nitrogens is 3. The van der Waals surface area contributed by atoms with Crippen LogP contribution in [0.5, 0.6) is 0 Å². The zero-order chi connectivity index (χ0) is 25.1. The van der Waals surface area contributed by atoms with Gasteiger partial charge in [-0.1, -0.05) is 12.1 Å². The summed E-state index contributed by atoms with van der Waals surface area (Å²) in [6.45, 7) is 6.25. The minimum absolute atomic E-state index is 0.0293. The molecule has 9 nitrogen and oxygen atoms in total. The zero-order valence-electron chi connectivity index (χ0n) is 20.3. The SMILES string of the molecule is Cc1cnc(N[C@@H]2C[C@H](C)N(C=C=O)c3ccc(-c4ccc(C(=O)N5CCOCC5)nc4)cc32)cn1. The highest BCUT2D eigenvalue weighted by atomic mass is 16.5. The predicted octanol–water partition coefficient (Wildman–Crippen LogP) is 3.42. The van der Waals surface area contributed by atoms with E-state index in [1.54, 1.807) is 29.6 Å². The summed E-state index contributed by atoms with van der Waals surface area (Å²) in [5.74, 6) is 2.54. The molecule has 1 amide bonds. The molecule has 1 N–H and O–H groups in total. The van der Waals surface area contributed by atoms with E-state index in [4.69, 9.17) is 4.74 Å². The van der Waals surface area contributed by atoms with Crippen molar-refractivity contribution in [2.24, 2.45) is 0 Å². The van der Waals surface area contributed by atoms with Crippen LogP contribution in [0.4, 0.5) is 11.5 Å². The maximum absolute atomic E-state index is 12.8. The third kappa shape index (κ3) is 4.84. The van der Waals surface area contributed by atoms with Crippen LogP contribution in [0, 0.1) is 6.92 Å². The monoisotopic (exact) mass is 484 g/mol. The van der Waals surface area contributed by atoms with Crippen LogP contribution in [0.1, 0.15) is 41.1 Å². The fourth-order valence-corrected chi connectivity index (χ4v) is 4.72. The molecule has 0 radical (unpaired) electrons. The quantitative estimate of drug-likeness (QED) is 0.550. The minimum atomic E-state index is -0.0796. The van der Waals surface area contributed by atoms with E-state index < -0.39 is 0 Å². The number of fused-ring (bicyclic) bond motifs is 1. The van der Waals surface area contributed by atoms with Crippen LogP contribution in [0.15, 0.2) is 55.1 Å². The summed E-state index contributed by atoms with van der Waals surface area (Å²) in [5.41, 5.74) is 5.12. The number of hydrogen-bond acceptors (Lipinski definition) is 8. The number of anilines is 2. The smallest absolute Gasteiger partial charge is 0.272 e. The highest BCUT2D eigenvalue weighted by molar-refractivity contribution is 5.92. The van der Waals surface area contributed by atoms with Crippen molar-refractivity contribution in [2.45, 2.75) is 32.4 Å². The Bertz CT molecular complexity index is 1280.